The van der Waals surface area contributed by atoms with E-state index in [1.54, 1.807) is 0 Å². The Kier molecular flexibility index (Phi) is 3.22. The SMILES string of the molecule is CC(=O)CC(=O)CC(F)(F)F. The van der Waals surface area contributed by atoms with E-state index in [1.807, 2.05) is 0 Å². The number of rotatable bonds is 3. The Bertz CT molecular complexity index is 171. The smallest absolute Gasteiger partial charge is 0.300 e. The zero-order valence-electron chi connectivity index (χ0n) is 5.86. The quantitative estimate of drug-likeness (QED) is 0.598. The summed E-state index contributed by atoms with van der Waals surface area (Å²) in [4.78, 5) is 20.5. The summed E-state index contributed by atoms with van der Waals surface area (Å²) >= 11 is 0. The minimum atomic E-state index is -4.49. The van der Waals surface area contributed by atoms with Crippen molar-refractivity contribution in [2.75, 3.05) is 0 Å². The fourth-order valence-electron chi connectivity index (χ4n) is 0.564. The molecule has 0 aliphatic carbocycles. The van der Waals surface area contributed by atoms with Gasteiger partial charge in [-0.15, -0.1) is 0 Å². The molecule has 0 N–H and O–H groups in total. The van der Waals surface area contributed by atoms with Gasteiger partial charge in [0, 0.05) is 0 Å². The van der Waals surface area contributed by atoms with Crippen LogP contribution in [0.1, 0.15) is 19.8 Å². The largest absolute Gasteiger partial charge is 0.395 e. The molecule has 11 heavy (non-hydrogen) atoms. The van der Waals surface area contributed by atoms with E-state index in [9.17, 15) is 22.8 Å². The lowest BCUT2D eigenvalue weighted by Gasteiger charge is -2.02. The molecule has 0 aliphatic heterocycles. The summed E-state index contributed by atoms with van der Waals surface area (Å²) in [6, 6.07) is 0. The molecule has 0 aromatic carbocycles. The monoisotopic (exact) mass is 168 g/mol. The minimum absolute atomic E-state index is 0.542. The maximum Gasteiger partial charge on any atom is 0.395 e. The van der Waals surface area contributed by atoms with Crippen molar-refractivity contribution in [1.29, 1.82) is 0 Å². The zero-order valence-corrected chi connectivity index (χ0v) is 5.86. The third-order valence-corrected chi connectivity index (χ3v) is 0.844. The highest BCUT2D eigenvalue weighted by Gasteiger charge is 2.31. The molecule has 2 nitrogen and oxygen atoms in total. The van der Waals surface area contributed by atoms with Crippen molar-refractivity contribution in [1.82, 2.24) is 0 Å². The summed E-state index contributed by atoms with van der Waals surface area (Å²) < 4.78 is 34.3. The summed E-state index contributed by atoms with van der Waals surface area (Å²) in [6.07, 6.45) is -6.63. The Hall–Kier alpha value is -0.870. The van der Waals surface area contributed by atoms with Gasteiger partial charge in [-0.3, -0.25) is 9.59 Å². The van der Waals surface area contributed by atoms with E-state index in [1.165, 1.54) is 0 Å². The van der Waals surface area contributed by atoms with Gasteiger partial charge in [-0.25, -0.2) is 0 Å². The highest BCUT2D eigenvalue weighted by molar-refractivity contribution is 5.98. The van der Waals surface area contributed by atoms with Gasteiger partial charge < -0.3 is 0 Å². The first-order valence-corrected chi connectivity index (χ1v) is 2.89. The van der Waals surface area contributed by atoms with Crippen LogP contribution in [0.2, 0.25) is 0 Å². The Morgan fingerprint density at radius 1 is 1.27 bits per heavy atom. The number of hydrogen-bond donors (Lipinski definition) is 0. The summed E-state index contributed by atoms with van der Waals surface area (Å²) in [5.41, 5.74) is 0. The number of alkyl halides is 3. The fourth-order valence-corrected chi connectivity index (χ4v) is 0.564. The highest BCUT2D eigenvalue weighted by Crippen LogP contribution is 2.20. The van der Waals surface area contributed by atoms with Crippen LogP contribution in [0.5, 0.6) is 0 Å². The summed E-state index contributed by atoms with van der Waals surface area (Å²) in [5, 5.41) is 0. The molecule has 0 spiro atoms. The lowest BCUT2D eigenvalue weighted by atomic mass is 10.1. The molecule has 0 unspecified atom stereocenters. The number of halogens is 3. The average molecular weight is 168 g/mol. The third-order valence-electron chi connectivity index (χ3n) is 0.844. The molecule has 0 aliphatic rings. The normalized spacial score (nSPS) is 11.3. The van der Waals surface area contributed by atoms with E-state index in [4.69, 9.17) is 0 Å². The predicted octanol–water partition coefficient (Wildman–Crippen LogP) is 1.49. The number of Topliss-reactive ketones (excluding diaryl/α,β-unsaturated/α-hetero) is 2. The van der Waals surface area contributed by atoms with Crippen LogP contribution in [0.25, 0.3) is 0 Å². The van der Waals surface area contributed by atoms with Gasteiger partial charge in [0.15, 0.2) is 0 Å². The van der Waals surface area contributed by atoms with Gasteiger partial charge in [-0.05, 0) is 6.92 Å². The van der Waals surface area contributed by atoms with E-state index in [-0.39, 0.29) is 0 Å². The number of carbonyl (C=O) groups excluding carboxylic acids is 2. The number of carbonyl (C=O) groups is 2. The van der Waals surface area contributed by atoms with E-state index >= 15 is 0 Å². The van der Waals surface area contributed by atoms with Crippen LogP contribution in [0.3, 0.4) is 0 Å². The van der Waals surface area contributed by atoms with Gasteiger partial charge in [0.1, 0.15) is 18.0 Å². The average Bonchev–Trinajstić information content (AvgIpc) is 1.53. The van der Waals surface area contributed by atoms with Crippen molar-refractivity contribution in [2.45, 2.75) is 25.9 Å². The first-order valence-electron chi connectivity index (χ1n) is 2.89. The van der Waals surface area contributed by atoms with Crippen LogP contribution in [0.4, 0.5) is 13.2 Å². The number of hydrogen-bond acceptors (Lipinski definition) is 2. The van der Waals surface area contributed by atoms with E-state index in [0.29, 0.717) is 0 Å². The molecular weight excluding hydrogens is 161 g/mol. The van der Waals surface area contributed by atoms with Crippen LogP contribution in [-0.4, -0.2) is 17.7 Å². The molecule has 0 radical (unpaired) electrons. The highest BCUT2D eigenvalue weighted by atomic mass is 19.4. The van der Waals surface area contributed by atoms with Crippen LogP contribution in [0, 0.1) is 0 Å². The van der Waals surface area contributed by atoms with Crippen LogP contribution in [0.15, 0.2) is 0 Å². The van der Waals surface area contributed by atoms with Crippen molar-refractivity contribution in [3.8, 4) is 0 Å². The van der Waals surface area contributed by atoms with Gasteiger partial charge in [0.2, 0.25) is 0 Å². The molecule has 0 amide bonds. The molecule has 0 aromatic heterocycles. The molecule has 64 valence electrons. The molecule has 0 atom stereocenters. The maximum atomic E-state index is 11.4. The topological polar surface area (TPSA) is 34.1 Å². The third kappa shape index (κ3) is 7.02. The van der Waals surface area contributed by atoms with Crippen molar-refractivity contribution in [3.63, 3.8) is 0 Å². The maximum absolute atomic E-state index is 11.4. The van der Waals surface area contributed by atoms with Crippen molar-refractivity contribution >= 4 is 11.6 Å². The van der Waals surface area contributed by atoms with Crippen molar-refractivity contribution in [2.24, 2.45) is 0 Å². The van der Waals surface area contributed by atoms with Gasteiger partial charge in [-0.2, -0.15) is 13.2 Å². The predicted molar refractivity (Wildman–Crippen MR) is 31.0 cm³/mol. The lowest BCUT2D eigenvalue weighted by molar-refractivity contribution is -0.152. The second-order valence-electron chi connectivity index (χ2n) is 2.21. The van der Waals surface area contributed by atoms with Gasteiger partial charge in [0.25, 0.3) is 0 Å². The standard InChI is InChI=1S/C6H7F3O2/c1-4(10)2-5(11)3-6(7,8)9/h2-3H2,1H3. The molecular formula is C6H7F3O2. The summed E-state index contributed by atoms with van der Waals surface area (Å²) in [6.45, 7) is 1.08. The molecule has 0 rings (SSSR count). The zero-order chi connectivity index (χ0) is 9.07. The molecule has 0 fully saturated rings. The molecule has 0 aromatic rings. The Morgan fingerprint density at radius 3 is 2.00 bits per heavy atom. The van der Waals surface area contributed by atoms with E-state index in [0.717, 1.165) is 6.92 Å². The van der Waals surface area contributed by atoms with Gasteiger partial charge in [0.05, 0.1) is 6.42 Å². The van der Waals surface area contributed by atoms with Crippen LogP contribution < -0.4 is 0 Å². The first-order chi connectivity index (χ1) is 4.81. The second-order valence-corrected chi connectivity index (χ2v) is 2.21. The van der Waals surface area contributed by atoms with E-state index in [2.05, 4.69) is 0 Å². The fraction of sp³-hybridized carbons (Fsp3) is 0.667. The van der Waals surface area contributed by atoms with Gasteiger partial charge in [-0.1, -0.05) is 0 Å². The first kappa shape index (κ1) is 10.1. The number of ketones is 2. The summed E-state index contributed by atoms with van der Waals surface area (Å²) in [7, 11) is 0. The van der Waals surface area contributed by atoms with Crippen LogP contribution >= 0.6 is 0 Å². The summed E-state index contributed by atoms with van der Waals surface area (Å²) in [5.74, 6) is -1.62. The lowest BCUT2D eigenvalue weighted by Crippen LogP contribution is -2.16. The van der Waals surface area contributed by atoms with Crippen LogP contribution in [-0.2, 0) is 9.59 Å². The second kappa shape index (κ2) is 3.50. The van der Waals surface area contributed by atoms with E-state index < -0.39 is 30.6 Å². The van der Waals surface area contributed by atoms with Crippen molar-refractivity contribution < 1.29 is 22.8 Å². The van der Waals surface area contributed by atoms with Gasteiger partial charge >= 0.3 is 6.18 Å². The molecule has 5 heteroatoms. The Morgan fingerprint density at radius 2 is 1.73 bits per heavy atom. The van der Waals surface area contributed by atoms with Crippen molar-refractivity contribution in [3.05, 3.63) is 0 Å². The molecule has 0 saturated heterocycles. The minimum Gasteiger partial charge on any atom is -0.300 e. The molecule has 0 saturated carbocycles. The molecule has 0 bridgehead atoms. The Labute approximate surface area is 61.4 Å². The molecule has 0 heterocycles. The Balaban J connectivity index is 3.80.